The molecule has 0 spiro atoms. The van der Waals surface area contributed by atoms with Gasteiger partial charge in [0.15, 0.2) is 0 Å². The number of nitrogens with two attached hydrogens (primary N) is 1. The molecule has 2 aromatic carbocycles. The van der Waals surface area contributed by atoms with Crippen molar-refractivity contribution in [2.75, 3.05) is 7.11 Å². The number of hydrogen-bond donors (Lipinski definition) is 2. The van der Waals surface area contributed by atoms with Crippen LogP contribution in [0.5, 0.6) is 5.75 Å². The van der Waals surface area contributed by atoms with Crippen molar-refractivity contribution in [3.63, 3.8) is 0 Å². The van der Waals surface area contributed by atoms with Gasteiger partial charge in [-0.15, -0.1) is 0 Å². The Bertz CT molecular complexity index is 567. The predicted octanol–water partition coefficient (Wildman–Crippen LogP) is 1.88. The molecule has 0 aliphatic rings. The Labute approximate surface area is 124 Å². The van der Waals surface area contributed by atoms with Crippen LogP contribution in [0.3, 0.4) is 0 Å². The molecule has 3 N–H and O–H groups in total. The topological polar surface area (TPSA) is 64.3 Å². The Kier molecular flexibility index (Phi) is 5.35. The summed E-state index contributed by atoms with van der Waals surface area (Å²) in [4.78, 5) is 12.0. The van der Waals surface area contributed by atoms with Gasteiger partial charge in [-0.2, -0.15) is 0 Å². The minimum absolute atomic E-state index is 0.144. The van der Waals surface area contributed by atoms with Gasteiger partial charge in [0.1, 0.15) is 5.75 Å². The molecule has 0 bridgehead atoms. The zero-order valence-corrected chi connectivity index (χ0v) is 12.1. The molecule has 2 rings (SSSR count). The van der Waals surface area contributed by atoms with E-state index in [1.165, 1.54) is 0 Å². The Morgan fingerprint density at radius 1 is 1.10 bits per heavy atom. The molecule has 0 heterocycles. The molecular formula is C17H20N2O2. The van der Waals surface area contributed by atoms with E-state index in [-0.39, 0.29) is 5.91 Å². The molecule has 1 amide bonds. The van der Waals surface area contributed by atoms with Crippen molar-refractivity contribution in [2.45, 2.75) is 19.0 Å². The number of rotatable bonds is 6. The summed E-state index contributed by atoms with van der Waals surface area (Å²) in [7, 11) is 1.62. The van der Waals surface area contributed by atoms with Gasteiger partial charge in [-0.1, -0.05) is 42.5 Å². The Balaban J connectivity index is 1.83. The van der Waals surface area contributed by atoms with Crippen molar-refractivity contribution in [3.05, 3.63) is 65.7 Å². The number of amides is 1. The normalized spacial score (nSPS) is 11.7. The zero-order valence-electron chi connectivity index (χ0n) is 12.1. The molecule has 4 nitrogen and oxygen atoms in total. The Hall–Kier alpha value is -2.33. The molecule has 2 aromatic rings. The van der Waals surface area contributed by atoms with Crippen LogP contribution in [0, 0.1) is 0 Å². The highest BCUT2D eigenvalue weighted by atomic mass is 16.5. The standard InChI is InChI=1S/C17H20N2O2/c1-21-15-9-7-14(8-10-15)12-19-17(20)16(18)11-13-5-3-2-4-6-13/h2-10,16H,11-12,18H2,1H3,(H,19,20)/t16-/m1/s1. The summed E-state index contributed by atoms with van der Waals surface area (Å²) < 4.78 is 5.09. The van der Waals surface area contributed by atoms with Crippen LogP contribution in [0.4, 0.5) is 0 Å². The molecule has 110 valence electrons. The average Bonchev–Trinajstić information content (AvgIpc) is 2.54. The molecule has 0 unspecified atom stereocenters. The molecular weight excluding hydrogens is 264 g/mol. The second-order valence-electron chi connectivity index (χ2n) is 4.86. The maximum Gasteiger partial charge on any atom is 0.237 e. The van der Waals surface area contributed by atoms with Crippen LogP contribution >= 0.6 is 0 Å². The summed E-state index contributed by atoms with van der Waals surface area (Å²) in [5.74, 6) is 0.653. The van der Waals surface area contributed by atoms with Crippen molar-refractivity contribution < 1.29 is 9.53 Å². The van der Waals surface area contributed by atoms with Gasteiger partial charge in [-0.25, -0.2) is 0 Å². The molecule has 0 saturated heterocycles. The van der Waals surface area contributed by atoms with Crippen LogP contribution in [-0.2, 0) is 17.8 Å². The highest BCUT2D eigenvalue weighted by molar-refractivity contribution is 5.81. The largest absolute Gasteiger partial charge is 0.497 e. The van der Waals surface area contributed by atoms with E-state index >= 15 is 0 Å². The fourth-order valence-corrected chi connectivity index (χ4v) is 2.02. The summed E-state index contributed by atoms with van der Waals surface area (Å²) in [5, 5.41) is 2.85. The van der Waals surface area contributed by atoms with Crippen LogP contribution < -0.4 is 15.8 Å². The van der Waals surface area contributed by atoms with Gasteiger partial charge in [0.25, 0.3) is 0 Å². The van der Waals surface area contributed by atoms with Crippen molar-refractivity contribution in [1.82, 2.24) is 5.32 Å². The van der Waals surface area contributed by atoms with E-state index < -0.39 is 6.04 Å². The van der Waals surface area contributed by atoms with Crippen LogP contribution in [0.1, 0.15) is 11.1 Å². The van der Waals surface area contributed by atoms with Gasteiger partial charge in [-0.05, 0) is 29.7 Å². The van der Waals surface area contributed by atoms with Gasteiger partial charge in [0.2, 0.25) is 5.91 Å². The minimum atomic E-state index is -0.536. The van der Waals surface area contributed by atoms with E-state index in [1.54, 1.807) is 7.11 Å². The second kappa shape index (κ2) is 7.45. The number of carbonyl (C=O) groups excluding carboxylic acids is 1. The summed E-state index contributed by atoms with van der Waals surface area (Å²) in [6, 6.07) is 16.8. The Morgan fingerprint density at radius 2 is 1.76 bits per heavy atom. The number of ether oxygens (including phenoxy) is 1. The molecule has 1 atom stereocenters. The lowest BCUT2D eigenvalue weighted by Gasteiger charge is -2.12. The predicted molar refractivity (Wildman–Crippen MR) is 83.0 cm³/mol. The van der Waals surface area contributed by atoms with E-state index in [2.05, 4.69) is 5.32 Å². The number of benzene rings is 2. The van der Waals surface area contributed by atoms with Crippen molar-refractivity contribution >= 4 is 5.91 Å². The number of methoxy groups -OCH3 is 1. The van der Waals surface area contributed by atoms with Crippen LogP contribution in [0.15, 0.2) is 54.6 Å². The highest BCUT2D eigenvalue weighted by Crippen LogP contribution is 2.11. The molecule has 0 aromatic heterocycles. The lowest BCUT2D eigenvalue weighted by molar-refractivity contribution is -0.122. The lowest BCUT2D eigenvalue weighted by Crippen LogP contribution is -2.41. The van der Waals surface area contributed by atoms with E-state index in [0.717, 1.165) is 16.9 Å². The quantitative estimate of drug-likeness (QED) is 0.851. The van der Waals surface area contributed by atoms with Crippen LogP contribution in [-0.4, -0.2) is 19.1 Å². The average molecular weight is 284 g/mol. The number of nitrogens with one attached hydrogen (secondary N) is 1. The number of carbonyl (C=O) groups is 1. The third-order valence-electron chi connectivity index (χ3n) is 3.26. The van der Waals surface area contributed by atoms with E-state index in [1.807, 2.05) is 54.6 Å². The molecule has 0 aliphatic carbocycles. The lowest BCUT2D eigenvalue weighted by atomic mass is 10.1. The first-order valence-electron chi connectivity index (χ1n) is 6.89. The molecule has 0 fully saturated rings. The summed E-state index contributed by atoms with van der Waals surface area (Å²) in [5.41, 5.74) is 8.00. The first-order chi connectivity index (χ1) is 10.2. The molecule has 21 heavy (non-hydrogen) atoms. The molecule has 4 heteroatoms. The SMILES string of the molecule is COc1ccc(CNC(=O)[C@H](N)Cc2ccccc2)cc1. The third kappa shape index (κ3) is 4.61. The van der Waals surface area contributed by atoms with Gasteiger partial charge in [0, 0.05) is 6.54 Å². The fraction of sp³-hybridized carbons (Fsp3) is 0.235. The minimum Gasteiger partial charge on any atom is -0.497 e. The van der Waals surface area contributed by atoms with E-state index in [4.69, 9.17) is 10.5 Å². The smallest absolute Gasteiger partial charge is 0.237 e. The van der Waals surface area contributed by atoms with Crippen LogP contribution in [0.2, 0.25) is 0 Å². The third-order valence-corrected chi connectivity index (χ3v) is 3.26. The monoisotopic (exact) mass is 284 g/mol. The highest BCUT2D eigenvalue weighted by Gasteiger charge is 2.13. The van der Waals surface area contributed by atoms with Crippen molar-refractivity contribution in [1.29, 1.82) is 0 Å². The Morgan fingerprint density at radius 3 is 2.38 bits per heavy atom. The molecule has 0 radical (unpaired) electrons. The molecule has 0 saturated carbocycles. The van der Waals surface area contributed by atoms with Crippen molar-refractivity contribution in [2.24, 2.45) is 5.73 Å². The van der Waals surface area contributed by atoms with E-state index in [9.17, 15) is 4.79 Å². The van der Waals surface area contributed by atoms with Gasteiger partial charge in [-0.3, -0.25) is 4.79 Å². The van der Waals surface area contributed by atoms with E-state index in [0.29, 0.717) is 13.0 Å². The van der Waals surface area contributed by atoms with Gasteiger partial charge in [0.05, 0.1) is 13.2 Å². The van der Waals surface area contributed by atoms with Crippen LogP contribution in [0.25, 0.3) is 0 Å². The summed E-state index contributed by atoms with van der Waals surface area (Å²) >= 11 is 0. The first-order valence-corrected chi connectivity index (χ1v) is 6.89. The van der Waals surface area contributed by atoms with Crippen molar-refractivity contribution in [3.8, 4) is 5.75 Å². The summed E-state index contributed by atoms with van der Waals surface area (Å²) in [6.45, 7) is 0.464. The van der Waals surface area contributed by atoms with Gasteiger partial charge < -0.3 is 15.8 Å². The van der Waals surface area contributed by atoms with Gasteiger partial charge >= 0.3 is 0 Å². The fourth-order valence-electron chi connectivity index (χ4n) is 2.02. The zero-order chi connectivity index (χ0) is 15.1. The first kappa shape index (κ1) is 15.1. The summed E-state index contributed by atoms with van der Waals surface area (Å²) in [6.07, 6.45) is 0.537. The molecule has 0 aliphatic heterocycles. The number of hydrogen-bond acceptors (Lipinski definition) is 3. The maximum atomic E-state index is 12.0. The maximum absolute atomic E-state index is 12.0. The second-order valence-corrected chi connectivity index (χ2v) is 4.86.